The Labute approximate surface area is 86.6 Å². The van der Waals surface area contributed by atoms with Gasteiger partial charge in [-0.05, 0) is 24.2 Å². The van der Waals surface area contributed by atoms with E-state index >= 15 is 0 Å². The Morgan fingerprint density at radius 2 is 2.21 bits per heavy atom. The van der Waals surface area contributed by atoms with Crippen LogP contribution in [0.4, 0.5) is 0 Å². The average molecular weight is 215 g/mol. The van der Waals surface area contributed by atoms with Gasteiger partial charge in [-0.15, -0.1) is 0 Å². The van der Waals surface area contributed by atoms with E-state index in [1.165, 1.54) is 0 Å². The van der Waals surface area contributed by atoms with Gasteiger partial charge in [0.1, 0.15) is 5.78 Å². The Kier molecular flexibility index (Phi) is 2.13. The molecule has 0 N–H and O–H groups in total. The molecule has 80 valence electrons. The Balaban J connectivity index is 2.39. The molecule has 14 heavy (non-hydrogen) atoms. The highest BCUT2D eigenvalue weighted by molar-refractivity contribution is 7.79. The molecule has 3 nitrogen and oxygen atoms in total. The third-order valence-electron chi connectivity index (χ3n) is 4.50. The zero-order valence-corrected chi connectivity index (χ0v) is 9.36. The molecule has 2 aliphatic rings. The largest absolute Gasteiger partial charge is 0.772 e. The van der Waals surface area contributed by atoms with Crippen molar-refractivity contribution in [2.75, 3.05) is 5.75 Å². The highest BCUT2D eigenvalue weighted by atomic mass is 32.2. The summed E-state index contributed by atoms with van der Waals surface area (Å²) >= 11 is -2.11. The fraction of sp³-hybridized carbons (Fsp3) is 0.900. The predicted octanol–water partition coefficient (Wildman–Crippen LogP) is 1.26. The van der Waals surface area contributed by atoms with Crippen molar-refractivity contribution >= 4 is 16.9 Å². The minimum absolute atomic E-state index is 0.0231. The van der Waals surface area contributed by atoms with Gasteiger partial charge in [0.2, 0.25) is 0 Å². The van der Waals surface area contributed by atoms with Crippen LogP contribution in [0.25, 0.3) is 0 Å². The minimum Gasteiger partial charge on any atom is -0.772 e. The summed E-state index contributed by atoms with van der Waals surface area (Å²) in [6, 6.07) is 0. The normalized spacial score (nSPS) is 41.6. The summed E-state index contributed by atoms with van der Waals surface area (Å²) in [4.78, 5) is 11.8. The summed E-state index contributed by atoms with van der Waals surface area (Å²) in [5.74, 6) is 0.594. The van der Waals surface area contributed by atoms with Crippen molar-refractivity contribution in [1.29, 1.82) is 0 Å². The van der Waals surface area contributed by atoms with Gasteiger partial charge in [0.05, 0.1) is 0 Å². The molecule has 0 aromatic carbocycles. The lowest BCUT2D eigenvalue weighted by atomic mass is 9.70. The number of carbonyl (C=O) groups excluding carboxylic acids is 1. The van der Waals surface area contributed by atoms with Crippen molar-refractivity contribution in [2.45, 2.75) is 33.1 Å². The van der Waals surface area contributed by atoms with Gasteiger partial charge in [-0.25, -0.2) is 0 Å². The van der Waals surface area contributed by atoms with Crippen molar-refractivity contribution in [1.82, 2.24) is 0 Å². The second-order valence-electron chi connectivity index (χ2n) is 5.11. The third kappa shape index (κ3) is 1.07. The zero-order valence-electron chi connectivity index (χ0n) is 8.54. The van der Waals surface area contributed by atoms with Crippen LogP contribution in [0.15, 0.2) is 0 Å². The molecule has 2 bridgehead atoms. The van der Waals surface area contributed by atoms with E-state index in [2.05, 4.69) is 0 Å². The summed E-state index contributed by atoms with van der Waals surface area (Å²) in [5.41, 5.74) is -0.686. The maximum atomic E-state index is 11.8. The number of hydrogen-bond donors (Lipinski definition) is 0. The SMILES string of the molecule is CC1(C)[C@H]2CC[C@@]1(CS(=O)[O-])C(=O)C2. The molecule has 0 heterocycles. The Bertz CT molecular complexity index is 310. The van der Waals surface area contributed by atoms with E-state index < -0.39 is 16.5 Å². The molecule has 4 heteroatoms. The predicted molar refractivity (Wildman–Crippen MR) is 52.3 cm³/mol. The average Bonchev–Trinajstić information content (AvgIpc) is 2.36. The van der Waals surface area contributed by atoms with E-state index in [9.17, 15) is 13.6 Å². The molecular formula is C10H15O3S-. The molecule has 0 spiro atoms. The molecule has 0 aromatic rings. The highest BCUT2D eigenvalue weighted by Crippen LogP contribution is 2.63. The summed E-state index contributed by atoms with van der Waals surface area (Å²) in [7, 11) is 0. The molecule has 2 rings (SSSR count). The van der Waals surface area contributed by atoms with Gasteiger partial charge in [-0.1, -0.05) is 24.9 Å². The van der Waals surface area contributed by atoms with Gasteiger partial charge < -0.3 is 4.55 Å². The van der Waals surface area contributed by atoms with E-state index in [-0.39, 0.29) is 17.0 Å². The molecule has 3 atom stereocenters. The number of Topliss-reactive ketones (excluding diaryl/α,β-unsaturated/α-hetero) is 1. The summed E-state index contributed by atoms with van der Waals surface area (Å²) in [5, 5.41) is 0. The maximum Gasteiger partial charge on any atom is 0.140 e. The van der Waals surface area contributed by atoms with Crippen LogP contribution in [0, 0.1) is 16.7 Å². The second-order valence-corrected chi connectivity index (χ2v) is 6.01. The molecule has 0 aliphatic heterocycles. The van der Waals surface area contributed by atoms with Crippen molar-refractivity contribution in [3.05, 3.63) is 0 Å². The highest BCUT2D eigenvalue weighted by Gasteiger charge is 2.63. The van der Waals surface area contributed by atoms with Crippen LogP contribution in [0.5, 0.6) is 0 Å². The zero-order chi connectivity index (χ0) is 10.6. The molecule has 0 radical (unpaired) electrons. The third-order valence-corrected chi connectivity index (χ3v) is 5.23. The molecule has 1 unspecified atom stereocenters. The number of hydrogen-bond acceptors (Lipinski definition) is 3. The molecule has 0 saturated heterocycles. The first-order chi connectivity index (χ1) is 6.40. The molecule has 2 saturated carbocycles. The summed E-state index contributed by atoms with van der Waals surface area (Å²) in [6.45, 7) is 4.09. The van der Waals surface area contributed by atoms with Crippen LogP contribution < -0.4 is 0 Å². The standard InChI is InChI=1S/C10H16O3S/c1-9(2)7-3-4-10(9,6-14(12)13)8(11)5-7/h7H,3-6H2,1-2H3,(H,12,13)/p-1/t7-,10+/m0/s1. The van der Waals surface area contributed by atoms with Gasteiger partial charge in [0, 0.05) is 17.6 Å². The maximum absolute atomic E-state index is 11.8. The topological polar surface area (TPSA) is 57.2 Å². The van der Waals surface area contributed by atoms with E-state index in [0.717, 1.165) is 12.8 Å². The number of fused-ring (bicyclic) bond motifs is 2. The lowest BCUT2D eigenvalue weighted by Crippen LogP contribution is -2.40. The summed E-state index contributed by atoms with van der Waals surface area (Å²) < 4.78 is 21.6. The quantitative estimate of drug-likeness (QED) is 0.652. The van der Waals surface area contributed by atoms with Crippen molar-refractivity contribution in [3.63, 3.8) is 0 Å². The first-order valence-corrected chi connectivity index (χ1v) is 6.24. The summed E-state index contributed by atoms with van der Waals surface area (Å²) in [6.07, 6.45) is 2.36. The van der Waals surface area contributed by atoms with Crippen LogP contribution in [0.3, 0.4) is 0 Å². The number of ketones is 1. The molecule has 0 amide bonds. The number of rotatable bonds is 2. The monoisotopic (exact) mass is 215 g/mol. The van der Waals surface area contributed by atoms with Gasteiger partial charge in [-0.2, -0.15) is 0 Å². The lowest BCUT2D eigenvalue weighted by molar-refractivity contribution is -0.128. The molecular weight excluding hydrogens is 200 g/mol. The first-order valence-electron chi connectivity index (χ1n) is 4.99. The minimum atomic E-state index is -2.11. The van der Waals surface area contributed by atoms with E-state index in [1.807, 2.05) is 13.8 Å². The fourth-order valence-electron chi connectivity index (χ4n) is 3.31. The fourth-order valence-corrected chi connectivity index (χ4v) is 4.39. The molecule has 0 aromatic heterocycles. The van der Waals surface area contributed by atoms with Crippen molar-refractivity contribution < 1.29 is 13.6 Å². The van der Waals surface area contributed by atoms with E-state index in [1.54, 1.807) is 0 Å². The van der Waals surface area contributed by atoms with Crippen LogP contribution >= 0.6 is 0 Å². The van der Waals surface area contributed by atoms with Gasteiger partial charge >= 0.3 is 0 Å². The second kappa shape index (κ2) is 2.89. The van der Waals surface area contributed by atoms with Crippen LogP contribution in [0.1, 0.15) is 33.1 Å². The van der Waals surface area contributed by atoms with Crippen molar-refractivity contribution in [3.8, 4) is 0 Å². The van der Waals surface area contributed by atoms with E-state index in [4.69, 9.17) is 0 Å². The van der Waals surface area contributed by atoms with Crippen LogP contribution in [0.2, 0.25) is 0 Å². The van der Waals surface area contributed by atoms with Gasteiger partial charge in [-0.3, -0.25) is 9.00 Å². The van der Waals surface area contributed by atoms with Crippen LogP contribution in [-0.4, -0.2) is 20.3 Å². The van der Waals surface area contributed by atoms with E-state index in [0.29, 0.717) is 12.3 Å². The van der Waals surface area contributed by atoms with Gasteiger partial charge in [0.15, 0.2) is 0 Å². The smallest absolute Gasteiger partial charge is 0.140 e. The molecule has 2 aliphatic carbocycles. The van der Waals surface area contributed by atoms with Gasteiger partial charge in [0.25, 0.3) is 0 Å². The molecule has 2 fully saturated rings. The number of carbonyl (C=O) groups is 1. The Hall–Kier alpha value is -0.220. The Morgan fingerprint density at radius 1 is 1.57 bits per heavy atom. The van der Waals surface area contributed by atoms with Crippen LogP contribution in [-0.2, 0) is 15.9 Å². The lowest BCUT2D eigenvalue weighted by Gasteiger charge is -2.37. The first kappa shape index (κ1) is 10.3. The van der Waals surface area contributed by atoms with Crippen molar-refractivity contribution in [2.24, 2.45) is 16.7 Å². The Morgan fingerprint density at radius 3 is 2.57 bits per heavy atom.